The van der Waals surface area contributed by atoms with E-state index in [2.05, 4.69) is 24.4 Å². The smallest absolute Gasteiger partial charge is 0.159 e. The van der Waals surface area contributed by atoms with Crippen LogP contribution >= 0.6 is 0 Å². The highest BCUT2D eigenvalue weighted by atomic mass is 32.2. The van der Waals surface area contributed by atoms with E-state index in [1.807, 2.05) is 51.1 Å². The van der Waals surface area contributed by atoms with E-state index in [4.69, 9.17) is 0 Å². The van der Waals surface area contributed by atoms with E-state index in [0.717, 1.165) is 16.5 Å². The van der Waals surface area contributed by atoms with Crippen LogP contribution in [0.4, 0.5) is 0 Å². The molecular weight excluding hydrogens is 424 g/mol. The lowest BCUT2D eigenvalue weighted by Gasteiger charge is -2.18. The molecular formula is C23H24N6O2S. The highest BCUT2D eigenvalue weighted by Gasteiger charge is 2.27. The number of nitrogens with zero attached hydrogens (tertiary/aromatic N) is 6. The fraction of sp³-hybridized carbons (Fsp3) is 0.261. The molecule has 1 atom stereocenters. The first-order chi connectivity index (χ1) is 15.3. The van der Waals surface area contributed by atoms with Crippen molar-refractivity contribution in [3.8, 4) is 17.2 Å². The number of aliphatic hydroxyl groups is 1. The van der Waals surface area contributed by atoms with Crippen molar-refractivity contribution < 1.29 is 9.66 Å². The number of fused-ring (bicyclic) bond motifs is 1. The van der Waals surface area contributed by atoms with Gasteiger partial charge in [0.05, 0.1) is 29.7 Å². The van der Waals surface area contributed by atoms with Crippen molar-refractivity contribution in [2.24, 2.45) is 4.40 Å². The summed E-state index contributed by atoms with van der Waals surface area (Å²) in [4.78, 5) is 13.5. The van der Waals surface area contributed by atoms with Crippen LogP contribution in [0.15, 0.2) is 59.3 Å². The largest absolute Gasteiger partial charge is 0.591 e. The van der Waals surface area contributed by atoms with Crippen LogP contribution in [-0.2, 0) is 18.0 Å². The molecule has 0 aliphatic rings. The topological polar surface area (TPSA) is 112 Å². The van der Waals surface area contributed by atoms with Gasteiger partial charge in [0.1, 0.15) is 21.8 Å². The van der Waals surface area contributed by atoms with Gasteiger partial charge in [-0.25, -0.2) is 19.6 Å². The fourth-order valence-corrected chi connectivity index (χ4v) is 3.64. The molecule has 0 bridgehead atoms. The fourth-order valence-electron chi connectivity index (χ4n) is 3.02. The third-order valence-electron chi connectivity index (χ3n) is 4.77. The third kappa shape index (κ3) is 4.55. The summed E-state index contributed by atoms with van der Waals surface area (Å²) < 4.78 is 18.0. The molecule has 1 unspecified atom stereocenters. The van der Waals surface area contributed by atoms with Gasteiger partial charge in [-0.2, -0.15) is 5.10 Å². The van der Waals surface area contributed by atoms with Crippen molar-refractivity contribution >= 4 is 28.0 Å². The van der Waals surface area contributed by atoms with Crippen molar-refractivity contribution in [1.29, 1.82) is 0 Å². The van der Waals surface area contributed by atoms with Gasteiger partial charge in [-0.1, -0.05) is 22.6 Å². The van der Waals surface area contributed by atoms with Gasteiger partial charge in [0.15, 0.2) is 11.6 Å². The van der Waals surface area contributed by atoms with Crippen molar-refractivity contribution in [3.63, 3.8) is 0 Å². The minimum Gasteiger partial charge on any atom is -0.591 e. The predicted octanol–water partition coefficient (Wildman–Crippen LogP) is 3.64. The van der Waals surface area contributed by atoms with E-state index in [9.17, 15) is 9.66 Å². The standard InChI is InChI=1S/C23H24N6O2S/c1-15(28-32(31)23(2,3)4)19-10-11-24-22(27-19)16-8-9-17-13-25-29(20(17)12-16)21-7-5-6-18(14-30)26-21/h5-13,30H,14H2,1-4H3/b28-15+. The van der Waals surface area contributed by atoms with Gasteiger partial charge < -0.3 is 9.66 Å². The van der Waals surface area contributed by atoms with E-state index in [0.29, 0.717) is 28.7 Å². The Bertz CT molecular complexity index is 1300. The molecule has 32 heavy (non-hydrogen) atoms. The van der Waals surface area contributed by atoms with Gasteiger partial charge in [0.25, 0.3) is 0 Å². The summed E-state index contributed by atoms with van der Waals surface area (Å²) in [5, 5.41) is 14.8. The van der Waals surface area contributed by atoms with Gasteiger partial charge in [-0.05, 0) is 52.0 Å². The van der Waals surface area contributed by atoms with Crippen molar-refractivity contribution in [3.05, 3.63) is 66.2 Å². The summed E-state index contributed by atoms with van der Waals surface area (Å²) in [6, 6.07) is 13.0. The summed E-state index contributed by atoms with van der Waals surface area (Å²) in [5.41, 5.74) is 3.44. The van der Waals surface area contributed by atoms with Crippen LogP contribution in [-0.4, -0.2) is 44.9 Å². The zero-order valence-electron chi connectivity index (χ0n) is 18.4. The summed E-state index contributed by atoms with van der Waals surface area (Å²) in [6.45, 7) is 7.31. The van der Waals surface area contributed by atoms with E-state index in [-0.39, 0.29) is 6.61 Å². The first-order valence-electron chi connectivity index (χ1n) is 10.1. The average Bonchev–Trinajstić information content (AvgIpc) is 3.22. The average molecular weight is 449 g/mol. The number of hydrogen-bond donors (Lipinski definition) is 1. The Morgan fingerprint density at radius 1 is 1.16 bits per heavy atom. The van der Waals surface area contributed by atoms with Crippen molar-refractivity contribution in [1.82, 2.24) is 24.7 Å². The molecule has 0 saturated heterocycles. The zero-order valence-corrected chi connectivity index (χ0v) is 19.2. The normalized spacial score (nSPS) is 13.5. The number of rotatable bonds is 5. The van der Waals surface area contributed by atoms with Crippen LogP contribution in [0.2, 0.25) is 0 Å². The number of hydrogen-bond acceptors (Lipinski definition) is 7. The second kappa shape index (κ2) is 8.78. The quantitative estimate of drug-likeness (QED) is 0.368. The molecule has 9 heteroatoms. The predicted molar refractivity (Wildman–Crippen MR) is 126 cm³/mol. The second-order valence-corrected chi connectivity index (χ2v) is 10.2. The second-order valence-electron chi connectivity index (χ2n) is 8.28. The summed E-state index contributed by atoms with van der Waals surface area (Å²) in [7, 11) is 0. The van der Waals surface area contributed by atoms with E-state index in [1.165, 1.54) is 0 Å². The molecule has 1 aromatic carbocycles. The van der Waals surface area contributed by atoms with Crippen LogP contribution in [0.5, 0.6) is 0 Å². The monoisotopic (exact) mass is 448 g/mol. The van der Waals surface area contributed by atoms with Crippen LogP contribution in [0.3, 0.4) is 0 Å². The molecule has 3 heterocycles. The molecule has 0 spiro atoms. The molecule has 0 radical (unpaired) electrons. The van der Waals surface area contributed by atoms with E-state index < -0.39 is 16.1 Å². The molecule has 164 valence electrons. The number of aromatic nitrogens is 5. The molecule has 0 aliphatic carbocycles. The Labute approximate surface area is 189 Å². The van der Waals surface area contributed by atoms with Crippen LogP contribution in [0.25, 0.3) is 28.1 Å². The van der Waals surface area contributed by atoms with Crippen LogP contribution in [0, 0.1) is 0 Å². The lowest BCUT2D eigenvalue weighted by molar-refractivity contribution is 0.276. The van der Waals surface area contributed by atoms with Gasteiger partial charge >= 0.3 is 0 Å². The molecule has 4 aromatic rings. The molecule has 3 aromatic heterocycles. The molecule has 0 saturated carbocycles. The Morgan fingerprint density at radius 3 is 2.72 bits per heavy atom. The molecule has 0 aliphatic heterocycles. The maximum atomic E-state index is 12.4. The summed E-state index contributed by atoms with van der Waals surface area (Å²) >= 11 is -1.37. The molecule has 0 fully saturated rings. The van der Waals surface area contributed by atoms with Gasteiger partial charge in [-0.3, -0.25) is 0 Å². The molecule has 1 N–H and O–H groups in total. The SMILES string of the molecule is C/C(=N\[S+]([O-])C(C)(C)C)c1ccnc(-c2ccc3cnn(-c4cccc(CO)n4)c3c2)n1. The number of benzene rings is 1. The third-order valence-corrected chi connectivity index (χ3v) is 6.26. The van der Waals surface area contributed by atoms with E-state index >= 15 is 0 Å². The minimum absolute atomic E-state index is 0.139. The summed E-state index contributed by atoms with van der Waals surface area (Å²) in [5.74, 6) is 1.15. The first kappa shape index (κ1) is 22.1. The molecule has 0 amide bonds. The van der Waals surface area contributed by atoms with Gasteiger partial charge in [0, 0.05) is 17.1 Å². The van der Waals surface area contributed by atoms with Crippen molar-refractivity contribution in [2.45, 2.75) is 39.0 Å². The zero-order chi connectivity index (χ0) is 22.9. The van der Waals surface area contributed by atoms with Crippen molar-refractivity contribution in [2.75, 3.05) is 0 Å². The number of aliphatic hydroxyl groups excluding tert-OH is 1. The lowest BCUT2D eigenvalue weighted by Crippen LogP contribution is -2.26. The highest BCUT2D eigenvalue weighted by molar-refractivity contribution is 7.91. The van der Waals surface area contributed by atoms with Gasteiger partial charge in [0.2, 0.25) is 0 Å². The van der Waals surface area contributed by atoms with Crippen LogP contribution in [0.1, 0.15) is 39.1 Å². The Kier molecular flexibility index (Phi) is 6.05. The maximum absolute atomic E-state index is 12.4. The molecule has 4 rings (SSSR count). The first-order valence-corrected chi connectivity index (χ1v) is 11.2. The summed E-state index contributed by atoms with van der Waals surface area (Å²) in [6.07, 6.45) is 3.44. The minimum atomic E-state index is -1.37. The van der Waals surface area contributed by atoms with Gasteiger partial charge in [-0.15, -0.1) is 0 Å². The van der Waals surface area contributed by atoms with Crippen LogP contribution < -0.4 is 0 Å². The highest BCUT2D eigenvalue weighted by Crippen LogP contribution is 2.24. The lowest BCUT2D eigenvalue weighted by atomic mass is 10.1. The molecule has 8 nitrogen and oxygen atoms in total. The maximum Gasteiger partial charge on any atom is 0.159 e. The van der Waals surface area contributed by atoms with E-state index in [1.54, 1.807) is 36.1 Å². The Morgan fingerprint density at radius 2 is 1.97 bits per heavy atom. The Hall–Kier alpha value is -3.14. The Balaban J connectivity index is 1.73. The number of pyridine rings is 1.